The molecule has 1 saturated heterocycles. The summed E-state index contributed by atoms with van der Waals surface area (Å²) in [7, 11) is 0. The number of carbonyl (C=O) groups excluding carboxylic acids is 2. The van der Waals surface area contributed by atoms with Crippen LogP contribution < -0.4 is 5.32 Å². The van der Waals surface area contributed by atoms with Crippen molar-refractivity contribution in [2.24, 2.45) is 0 Å². The van der Waals surface area contributed by atoms with Crippen molar-refractivity contribution in [3.05, 3.63) is 24.2 Å². The van der Waals surface area contributed by atoms with Crippen molar-refractivity contribution < 1.29 is 14.0 Å². The standard InChI is InChI=1S/C10H12N2O3S/c13-9(5-12-7-16-6-10(12)14)11-4-8-2-1-3-15-8/h1-3H,4-7H2,(H,11,13). The fourth-order valence-electron chi connectivity index (χ4n) is 1.37. The largest absolute Gasteiger partial charge is 0.467 e. The predicted molar refractivity (Wildman–Crippen MR) is 59.6 cm³/mol. The van der Waals surface area contributed by atoms with Crippen LogP contribution in [0, 0.1) is 0 Å². The van der Waals surface area contributed by atoms with E-state index in [1.165, 1.54) is 11.8 Å². The van der Waals surface area contributed by atoms with Crippen LogP contribution in [0.2, 0.25) is 0 Å². The van der Waals surface area contributed by atoms with Gasteiger partial charge < -0.3 is 14.6 Å². The van der Waals surface area contributed by atoms with Crippen LogP contribution in [0.5, 0.6) is 0 Å². The molecule has 1 fully saturated rings. The van der Waals surface area contributed by atoms with Gasteiger partial charge in [-0.25, -0.2) is 0 Å². The van der Waals surface area contributed by atoms with Crippen LogP contribution >= 0.6 is 11.8 Å². The monoisotopic (exact) mass is 240 g/mol. The summed E-state index contributed by atoms with van der Waals surface area (Å²) in [6.07, 6.45) is 1.56. The highest BCUT2D eigenvalue weighted by molar-refractivity contribution is 8.00. The van der Waals surface area contributed by atoms with E-state index in [-0.39, 0.29) is 18.4 Å². The van der Waals surface area contributed by atoms with Crippen molar-refractivity contribution in [1.29, 1.82) is 0 Å². The lowest BCUT2D eigenvalue weighted by Gasteiger charge is -2.13. The Morgan fingerprint density at radius 2 is 2.50 bits per heavy atom. The molecule has 0 bridgehead atoms. The molecular weight excluding hydrogens is 228 g/mol. The van der Waals surface area contributed by atoms with Gasteiger partial charge in [-0.3, -0.25) is 9.59 Å². The molecule has 0 atom stereocenters. The second-order valence-corrected chi connectivity index (χ2v) is 4.38. The SMILES string of the molecule is O=C(CN1CSCC1=O)NCc1ccco1. The molecule has 1 aliphatic heterocycles. The van der Waals surface area contributed by atoms with E-state index in [1.54, 1.807) is 23.3 Å². The molecule has 2 heterocycles. The van der Waals surface area contributed by atoms with Gasteiger partial charge in [-0.2, -0.15) is 0 Å². The third kappa shape index (κ3) is 2.79. The molecule has 16 heavy (non-hydrogen) atoms. The fourth-order valence-corrected chi connectivity index (χ4v) is 2.27. The molecule has 0 radical (unpaired) electrons. The molecule has 1 N–H and O–H groups in total. The van der Waals surface area contributed by atoms with Crippen LogP contribution in [0.25, 0.3) is 0 Å². The molecule has 2 amide bonds. The van der Waals surface area contributed by atoms with Gasteiger partial charge in [-0.05, 0) is 12.1 Å². The zero-order valence-corrected chi connectivity index (χ0v) is 9.46. The van der Waals surface area contributed by atoms with Crippen molar-refractivity contribution in [2.75, 3.05) is 18.2 Å². The minimum atomic E-state index is -0.160. The van der Waals surface area contributed by atoms with Crippen molar-refractivity contribution in [3.8, 4) is 0 Å². The summed E-state index contributed by atoms with van der Waals surface area (Å²) < 4.78 is 5.08. The van der Waals surface area contributed by atoms with Crippen molar-refractivity contribution in [1.82, 2.24) is 10.2 Å². The number of rotatable bonds is 4. The number of thioether (sulfide) groups is 1. The van der Waals surface area contributed by atoms with Crippen LogP contribution in [-0.2, 0) is 16.1 Å². The first kappa shape index (κ1) is 11.1. The lowest BCUT2D eigenvalue weighted by Crippen LogP contribution is -2.37. The molecule has 0 saturated carbocycles. The summed E-state index contributed by atoms with van der Waals surface area (Å²) in [6.45, 7) is 0.494. The zero-order chi connectivity index (χ0) is 11.4. The van der Waals surface area contributed by atoms with E-state index in [0.29, 0.717) is 23.9 Å². The van der Waals surface area contributed by atoms with Crippen LogP contribution in [0.15, 0.2) is 22.8 Å². The number of nitrogens with one attached hydrogen (secondary N) is 1. The van der Waals surface area contributed by atoms with E-state index in [1.807, 2.05) is 0 Å². The highest BCUT2D eigenvalue weighted by atomic mass is 32.2. The normalized spacial score (nSPS) is 15.5. The summed E-state index contributed by atoms with van der Waals surface area (Å²) >= 11 is 1.53. The molecule has 0 unspecified atom stereocenters. The lowest BCUT2D eigenvalue weighted by molar-refractivity contribution is -0.132. The molecule has 2 rings (SSSR count). The molecule has 86 valence electrons. The fraction of sp³-hybridized carbons (Fsp3) is 0.400. The minimum Gasteiger partial charge on any atom is -0.467 e. The van der Waals surface area contributed by atoms with E-state index in [2.05, 4.69) is 5.32 Å². The summed E-state index contributed by atoms with van der Waals surface area (Å²) in [5.41, 5.74) is 0. The Hall–Kier alpha value is -1.43. The first-order valence-electron chi connectivity index (χ1n) is 4.90. The number of carbonyl (C=O) groups is 2. The van der Waals surface area contributed by atoms with E-state index in [9.17, 15) is 9.59 Å². The van der Waals surface area contributed by atoms with Crippen molar-refractivity contribution >= 4 is 23.6 Å². The average Bonchev–Trinajstić information content (AvgIpc) is 2.88. The van der Waals surface area contributed by atoms with Crippen LogP contribution in [0.3, 0.4) is 0 Å². The van der Waals surface area contributed by atoms with E-state index >= 15 is 0 Å². The Labute approximate surface area is 97.2 Å². The van der Waals surface area contributed by atoms with Crippen LogP contribution in [0.1, 0.15) is 5.76 Å². The Bertz CT molecular complexity index is 377. The highest BCUT2D eigenvalue weighted by Gasteiger charge is 2.22. The Morgan fingerprint density at radius 1 is 1.62 bits per heavy atom. The average molecular weight is 240 g/mol. The quantitative estimate of drug-likeness (QED) is 0.829. The van der Waals surface area contributed by atoms with Gasteiger partial charge in [0.1, 0.15) is 12.3 Å². The maximum Gasteiger partial charge on any atom is 0.240 e. The summed E-state index contributed by atoms with van der Waals surface area (Å²) in [4.78, 5) is 24.3. The Balaban J connectivity index is 1.74. The van der Waals surface area contributed by atoms with Crippen molar-refractivity contribution in [2.45, 2.75) is 6.54 Å². The number of furan rings is 1. The number of hydrogen-bond donors (Lipinski definition) is 1. The predicted octanol–water partition coefficient (Wildman–Crippen LogP) is 0.429. The van der Waals surface area contributed by atoms with Gasteiger partial charge in [0.25, 0.3) is 0 Å². The Kier molecular flexibility index (Phi) is 3.51. The van der Waals surface area contributed by atoms with Gasteiger partial charge in [-0.1, -0.05) is 0 Å². The highest BCUT2D eigenvalue weighted by Crippen LogP contribution is 2.13. The smallest absolute Gasteiger partial charge is 0.240 e. The maximum atomic E-state index is 11.5. The maximum absolute atomic E-state index is 11.5. The van der Waals surface area contributed by atoms with Crippen molar-refractivity contribution in [3.63, 3.8) is 0 Å². The van der Waals surface area contributed by atoms with Crippen LogP contribution in [0.4, 0.5) is 0 Å². The molecular formula is C10H12N2O3S. The van der Waals surface area contributed by atoms with Gasteiger partial charge in [0.2, 0.25) is 11.8 Å². The second-order valence-electron chi connectivity index (χ2n) is 3.43. The summed E-state index contributed by atoms with van der Waals surface area (Å²) in [5.74, 6) is 1.65. The van der Waals surface area contributed by atoms with Crippen LogP contribution in [-0.4, -0.2) is 34.9 Å². The molecule has 1 aromatic heterocycles. The molecule has 0 aliphatic carbocycles. The molecule has 0 aromatic carbocycles. The van der Waals surface area contributed by atoms with Gasteiger partial charge in [0, 0.05) is 0 Å². The number of nitrogens with zero attached hydrogens (tertiary/aromatic N) is 1. The summed E-state index contributed by atoms with van der Waals surface area (Å²) in [5, 5.41) is 2.70. The number of amides is 2. The van der Waals surface area contributed by atoms with E-state index < -0.39 is 0 Å². The molecule has 6 heteroatoms. The Morgan fingerprint density at radius 3 is 3.12 bits per heavy atom. The van der Waals surface area contributed by atoms with E-state index in [4.69, 9.17) is 4.42 Å². The lowest BCUT2D eigenvalue weighted by atomic mass is 10.4. The van der Waals surface area contributed by atoms with E-state index in [0.717, 1.165) is 0 Å². The third-order valence-corrected chi connectivity index (χ3v) is 3.15. The molecule has 1 aromatic rings. The van der Waals surface area contributed by atoms with Gasteiger partial charge in [0.05, 0.1) is 24.4 Å². The molecule has 1 aliphatic rings. The summed E-state index contributed by atoms with van der Waals surface area (Å²) in [6, 6.07) is 3.55. The van der Waals surface area contributed by atoms with Gasteiger partial charge in [0.15, 0.2) is 0 Å². The first-order valence-corrected chi connectivity index (χ1v) is 6.06. The first-order chi connectivity index (χ1) is 7.75. The number of hydrogen-bond acceptors (Lipinski definition) is 4. The van der Waals surface area contributed by atoms with Gasteiger partial charge >= 0.3 is 0 Å². The zero-order valence-electron chi connectivity index (χ0n) is 8.64. The third-order valence-electron chi connectivity index (χ3n) is 2.20. The molecule has 5 nitrogen and oxygen atoms in total. The minimum absolute atomic E-state index is 0.0261. The van der Waals surface area contributed by atoms with Gasteiger partial charge in [-0.15, -0.1) is 11.8 Å². The molecule has 0 spiro atoms. The topological polar surface area (TPSA) is 62.6 Å². The second kappa shape index (κ2) is 5.07.